The molecule has 0 bridgehead atoms. The molecule has 0 amide bonds. The van der Waals surface area contributed by atoms with Gasteiger partial charge in [-0.25, -0.2) is 4.98 Å². The fourth-order valence-corrected chi connectivity index (χ4v) is 1.64. The summed E-state index contributed by atoms with van der Waals surface area (Å²) in [5.41, 5.74) is 0.0268. The summed E-state index contributed by atoms with van der Waals surface area (Å²) in [6.45, 7) is 5.35. The van der Waals surface area contributed by atoms with Gasteiger partial charge >= 0.3 is 5.97 Å². The van der Waals surface area contributed by atoms with Crippen LogP contribution in [0.2, 0.25) is 0 Å². The maximum atomic E-state index is 10.7. The summed E-state index contributed by atoms with van der Waals surface area (Å²) in [6, 6.07) is 1.58. The number of aryl methyl sites for hydroxylation is 1. The number of carboxylic acid groups (broad SMARTS) is 1. The van der Waals surface area contributed by atoms with Gasteiger partial charge in [-0.1, -0.05) is 0 Å². The molecule has 0 aliphatic carbocycles. The maximum absolute atomic E-state index is 10.7. The van der Waals surface area contributed by atoms with Gasteiger partial charge in [0.15, 0.2) is 0 Å². The van der Waals surface area contributed by atoms with Crippen molar-refractivity contribution in [1.29, 1.82) is 0 Å². The van der Waals surface area contributed by atoms with Gasteiger partial charge in [0, 0.05) is 17.5 Å². The summed E-state index contributed by atoms with van der Waals surface area (Å²) in [5, 5.41) is 22.4. The van der Waals surface area contributed by atoms with E-state index >= 15 is 0 Å². The number of nitrogens with one attached hydrogen (secondary N) is 1. The van der Waals surface area contributed by atoms with E-state index in [4.69, 9.17) is 5.11 Å². The molecule has 104 valence electrons. The summed E-state index contributed by atoms with van der Waals surface area (Å²) < 4.78 is 0. The number of hydrogen-bond donors (Lipinski definition) is 2. The van der Waals surface area contributed by atoms with Crippen molar-refractivity contribution >= 4 is 17.5 Å². The first-order chi connectivity index (χ1) is 8.71. The van der Waals surface area contributed by atoms with E-state index in [0.717, 1.165) is 0 Å². The molecule has 19 heavy (non-hydrogen) atoms. The zero-order valence-corrected chi connectivity index (χ0v) is 11.1. The quantitative estimate of drug-likeness (QED) is 0.605. The van der Waals surface area contributed by atoms with E-state index in [0.29, 0.717) is 17.8 Å². The highest BCUT2D eigenvalue weighted by Crippen LogP contribution is 2.23. The summed E-state index contributed by atoms with van der Waals surface area (Å²) in [5.74, 6) is -0.360. The third kappa shape index (κ3) is 4.53. The molecule has 1 rings (SSSR count). The molecule has 0 unspecified atom stereocenters. The predicted molar refractivity (Wildman–Crippen MR) is 70.2 cm³/mol. The second kappa shape index (κ2) is 5.64. The molecule has 1 heterocycles. The summed E-state index contributed by atoms with van der Waals surface area (Å²) >= 11 is 0. The van der Waals surface area contributed by atoms with Crippen molar-refractivity contribution in [3.05, 3.63) is 27.9 Å². The van der Waals surface area contributed by atoms with Crippen LogP contribution in [0, 0.1) is 17.0 Å². The number of aliphatic carboxylic acids is 1. The average Bonchev–Trinajstić information content (AvgIpc) is 2.25. The molecule has 0 aliphatic heterocycles. The Morgan fingerprint density at radius 3 is 2.68 bits per heavy atom. The second-order valence-corrected chi connectivity index (χ2v) is 5.02. The Bertz CT molecular complexity index is 500. The lowest BCUT2D eigenvalue weighted by Crippen LogP contribution is -2.32. The van der Waals surface area contributed by atoms with Crippen molar-refractivity contribution in [3.8, 4) is 0 Å². The molecule has 7 nitrogen and oxygen atoms in total. The number of pyridine rings is 1. The van der Waals surface area contributed by atoms with Gasteiger partial charge < -0.3 is 10.4 Å². The molecule has 7 heteroatoms. The second-order valence-electron chi connectivity index (χ2n) is 5.02. The fraction of sp³-hybridized carbons (Fsp3) is 0.500. The van der Waals surface area contributed by atoms with Crippen LogP contribution >= 0.6 is 0 Å². The summed E-state index contributed by atoms with van der Waals surface area (Å²) in [4.78, 5) is 24.7. The molecule has 0 spiro atoms. The number of anilines is 1. The number of aromatic nitrogens is 1. The van der Waals surface area contributed by atoms with Crippen LogP contribution < -0.4 is 5.32 Å². The molecular weight excluding hydrogens is 250 g/mol. The molecular formula is C12H17N3O4. The Kier molecular flexibility index (Phi) is 4.42. The van der Waals surface area contributed by atoms with Crippen molar-refractivity contribution < 1.29 is 14.8 Å². The van der Waals surface area contributed by atoms with Crippen molar-refractivity contribution in [3.63, 3.8) is 0 Å². The van der Waals surface area contributed by atoms with Crippen LogP contribution in [0.3, 0.4) is 0 Å². The lowest BCUT2D eigenvalue weighted by molar-refractivity contribution is -0.385. The van der Waals surface area contributed by atoms with Crippen LogP contribution in [0.1, 0.15) is 32.3 Å². The minimum Gasteiger partial charge on any atom is -0.481 e. The van der Waals surface area contributed by atoms with Gasteiger partial charge in [-0.05, 0) is 33.3 Å². The van der Waals surface area contributed by atoms with Crippen molar-refractivity contribution in [2.75, 3.05) is 5.32 Å². The molecule has 0 aliphatic rings. The molecule has 1 aromatic rings. The summed E-state index contributed by atoms with van der Waals surface area (Å²) in [6.07, 6.45) is 1.68. The molecule has 0 saturated heterocycles. The van der Waals surface area contributed by atoms with E-state index in [1.807, 2.05) is 13.8 Å². The monoisotopic (exact) mass is 267 g/mol. The van der Waals surface area contributed by atoms with Crippen LogP contribution in [0.5, 0.6) is 0 Å². The van der Waals surface area contributed by atoms with Gasteiger partial charge in [-0.15, -0.1) is 0 Å². The van der Waals surface area contributed by atoms with Crippen LogP contribution in [-0.2, 0) is 4.79 Å². The fourth-order valence-electron chi connectivity index (χ4n) is 1.64. The number of hydrogen-bond acceptors (Lipinski definition) is 5. The first kappa shape index (κ1) is 14.9. The number of nitro groups is 1. The molecule has 0 radical (unpaired) electrons. The van der Waals surface area contributed by atoms with Gasteiger partial charge in [0.25, 0.3) is 5.69 Å². The van der Waals surface area contributed by atoms with Gasteiger partial charge in [0.1, 0.15) is 12.0 Å². The standard InChI is InChI=1S/C12H17N3O4/c1-8-6-10(13-7-9(8)15(18)19)14-12(2,3)5-4-11(16)17/h6-7H,4-5H2,1-3H3,(H,13,14)(H,16,17). The Morgan fingerprint density at radius 1 is 1.58 bits per heavy atom. The normalized spacial score (nSPS) is 11.1. The molecule has 0 fully saturated rings. The average molecular weight is 267 g/mol. The van der Waals surface area contributed by atoms with E-state index < -0.39 is 16.4 Å². The van der Waals surface area contributed by atoms with Crippen molar-refractivity contribution in [1.82, 2.24) is 4.98 Å². The highest BCUT2D eigenvalue weighted by molar-refractivity contribution is 5.66. The van der Waals surface area contributed by atoms with Gasteiger partial charge in [-0.2, -0.15) is 0 Å². The van der Waals surface area contributed by atoms with Gasteiger partial charge in [0.2, 0.25) is 0 Å². The highest BCUT2D eigenvalue weighted by Gasteiger charge is 2.20. The highest BCUT2D eigenvalue weighted by atomic mass is 16.6. The topological polar surface area (TPSA) is 105 Å². The van der Waals surface area contributed by atoms with E-state index in [2.05, 4.69) is 10.3 Å². The number of carboxylic acids is 1. The predicted octanol–water partition coefficient (Wildman–Crippen LogP) is 2.35. The number of carbonyl (C=O) groups is 1. The molecule has 1 aromatic heterocycles. The summed E-state index contributed by atoms with van der Waals surface area (Å²) in [7, 11) is 0. The van der Waals surface area contributed by atoms with Gasteiger partial charge in [0.05, 0.1) is 4.92 Å². The van der Waals surface area contributed by atoms with E-state index in [1.165, 1.54) is 6.20 Å². The zero-order valence-electron chi connectivity index (χ0n) is 11.1. The molecule has 2 N–H and O–H groups in total. The third-order valence-corrected chi connectivity index (χ3v) is 2.71. The van der Waals surface area contributed by atoms with Crippen LogP contribution in [-0.4, -0.2) is 26.5 Å². The first-order valence-corrected chi connectivity index (χ1v) is 5.82. The van der Waals surface area contributed by atoms with E-state index in [9.17, 15) is 14.9 Å². The van der Waals surface area contributed by atoms with E-state index in [-0.39, 0.29) is 12.1 Å². The number of rotatable bonds is 6. The maximum Gasteiger partial charge on any atom is 0.303 e. The zero-order chi connectivity index (χ0) is 14.6. The Balaban J connectivity index is 2.79. The molecule has 0 atom stereocenters. The largest absolute Gasteiger partial charge is 0.481 e. The number of nitrogens with zero attached hydrogens (tertiary/aromatic N) is 2. The molecule has 0 aromatic carbocycles. The smallest absolute Gasteiger partial charge is 0.303 e. The van der Waals surface area contributed by atoms with E-state index in [1.54, 1.807) is 13.0 Å². The Morgan fingerprint density at radius 2 is 2.21 bits per heavy atom. The molecule has 0 saturated carbocycles. The first-order valence-electron chi connectivity index (χ1n) is 5.82. The minimum atomic E-state index is -0.859. The lowest BCUT2D eigenvalue weighted by Gasteiger charge is -2.26. The Labute approximate surface area is 110 Å². The third-order valence-electron chi connectivity index (χ3n) is 2.71. The van der Waals surface area contributed by atoms with Gasteiger partial charge in [-0.3, -0.25) is 14.9 Å². The lowest BCUT2D eigenvalue weighted by atomic mass is 9.98. The SMILES string of the molecule is Cc1cc(NC(C)(C)CCC(=O)O)ncc1[N+](=O)[O-]. The van der Waals surface area contributed by atoms with Crippen LogP contribution in [0.4, 0.5) is 11.5 Å². The minimum absolute atomic E-state index is 0.0334. The van der Waals surface area contributed by atoms with Crippen molar-refractivity contribution in [2.24, 2.45) is 0 Å². The van der Waals surface area contributed by atoms with Crippen LogP contribution in [0.15, 0.2) is 12.3 Å². The Hall–Kier alpha value is -2.18. The van der Waals surface area contributed by atoms with Crippen molar-refractivity contribution in [2.45, 2.75) is 39.2 Å². The van der Waals surface area contributed by atoms with Crippen LogP contribution in [0.25, 0.3) is 0 Å².